The monoisotopic (exact) mass is 485 g/mol. The summed E-state index contributed by atoms with van der Waals surface area (Å²) < 4.78 is 10.6. The van der Waals surface area contributed by atoms with E-state index in [0.29, 0.717) is 26.5 Å². The van der Waals surface area contributed by atoms with Crippen molar-refractivity contribution in [2.45, 2.75) is 57.5 Å². The standard InChI is InChI=1S/C23H27N5O3S2/c1-11-16-19(31-3)24-15(10-30-2)25-20(16)32-17(11)18(29)26-22-28-27-21(33-22)23-7-12-4-13(8-23)6-14(5-12)9-23/h12-14H,4-10H2,1-3H3,(H,26,28,29). The first-order valence-corrected chi connectivity index (χ1v) is 13.1. The summed E-state index contributed by atoms with van der Waals surface area (Å²) in [4.78, 5) is 23.5. The highest BCUT2D eigenvalue weighted by Crippen LogP contribution is 2.61. The van der Waals surface area contributed by atoms with Gasteiger partial charge in [0.2, 0.25) is 11.0 Å². The Labute approximate surface area is 200 Å². The summed E-state index contributed by atoms with van der Waals surface area (Å²) in [5.74, 6) is 3.33. The third-order valence-electron chi connectivity index (χ3n) is 7.61. The summed E-state index contributed by atoms with van der Waals surface area (Å²) in [6.07, 6.45) is 7.89. The molecule has 8 nitrogen and oxygen atoms in total. The Morgan fingerprint density at radius 1 is 1.06 bits per heavy atom. The van der Waals surface area contributed by atoms with Crippen LogP contribution in [0.3, 0.4) is 0 Å². The number of nitrogens with one attached hydrogen (secondary N) is 1. The molecular weight excluding hydrogens is 458 g/mol. The first-order chi connectivity index (χ1) is 16.0. The van der Waals surface area contributed by atoms with Crippen LogP contribution < -0.4 is 10.1 Å². The van der Waals surface area contributed by atoms with Crippen molar-refractivity contribution in [3.05, 3.63) is 21.3 Å². The second-order valence-corrected chi connectivity index (χ2v) is 11.9. The van der Waals surface area contributed by atoms with Gasteiger partial charge in [0.1, 0.15) is 16.4 Å². The average molecular weight is 486 g/mol. The van der Waals surface area contributed by atoms with Gasteiger partial charge in [0, 0.05) is 12.5 Å². The van der Waals surface area contributed by atoms with E-state index in [9.17, 15) is 4.79 Å². The molecule has 4 aliphatic carbocycles. The predicted octanol–water partition coefficient (Wildman–Crippen LogP) is 4.73. The summed E-state index contributed by atoms with van der Waals surface area (Å²) in [5, 5.41) is 14.4. The number of rotatable bonds is 6. The number of anilines is 1. The van der Waals surface area contributed by atoms with Crippen LogP contribution >= 0.6 is 22.7 Å². The lowest BCUT2D eigenvalue weighted by atomic mass is 9.50. The van der Waals surface area contributed by atoms with E-state index in [-0.39, 0.29) is 17.9 Å². The Balaban J connectivity index is 1.26. The normalized spacial score (nSPS) is 27.9. The Kier molecular flexibility index (Phi) is 5.15. The lowest BCUT2D eigenvalue weighted by molar-refractivity contribution is -0.00555. The number of thiophene rings is 1. The van der Waals surface area contributed by atoms with Crippen LogP contribution in [-0.4, -0.2) is 40.3 Å². The first kappa shape index (κ1) is 21.4. The van der Waals surface area contributed by atoms with Crippen molar-refractivity contribution < 1.29 is 14.3 Å². The van der Waals surface area contributed by atoms with Gasteiger partial charge in [0.15, 0.2) is 5.82 Å². The number of aryl methyl sites for hydroxylation is 1. The van der Waals surface area contributed by atoms with Crippen molar-refractivity contribution in [2.75, 3.05) is 19.5 Å². The van der Waals surface area contributed by atoms with Crippen molar-refractivity contribution in [3.63, 3.8) is 0 Å². The zero-order chi connectivity index (χ0) is 22.7. The minimum Gasteiger partial charge on any atom is -0.480 e. The molecule has 4 bridgehead atoms. The molecule has 1 amide bonds. The van der Waals surface area contributed by atoms with E-state index in [4.69, 9.17) is 9.47 Å². The van der Waals surface area contributed by atoms with Gasteiger partial charge in [-0.25, -0.2) is 4.98 Å². The fourth-order valence-corrected chi connectivity index (χ4v) is 8.76. The molecule has 174 valence electrons. The molecule has 4 saturated carbocycles. The fourth-order valence-electron chi connectivity index (χ4n) is 6.72. The molecule has 0 unspecified atom stereocenters. The van der Waals surface area contributed by atoms with Gasteiger partial charge in [-0.05, 0) is 68.8 Å². The molecule has 3 aromatic rings. The van der Waals surface area contributed by atoms with Gasteiger partial charge in [-0.3, -0.25) is 10.1 Å². The molecule has 3 aromatic heterocycles. The van der Waals surface area contributed by atoms with E-state index in [1.165, 1.54) is 49.9 Å². The number of nitrogens with zero attached hydrogens (tertiary/aromatic N) is 4. The number of methoxy groups -OCH3 is 2. The fraction of sp³-hybridized carbons (Fsp3) is 0.609. The Morgan fingerprint density at radius 3 is 2.39 bits per heavy atom. The van der Waals surface area contributed by atoms with Crippen LogP contribution in [0.15, 0.2) is 0 Å². The SMILES string of the molecule is COCc1nc(OC)c2c(C)c(C(=O)Nc3nnc(C45CC6CC(CC(C6)C4)C5)s3)sc2n1. The van der Waals surface area contributed by atoms with Gasteiger partial charge in [-0.2, -0.15) is 4.98 Å². The van der Waals surface area contributed by atoms with Gasteiger partial charge >= 0.3 is 0 Å². The van der Waals surface area contributed by atoms with Gasteiger partial charge in [-0.1, -0.05) is 11.3 Å². The third-order valence-corrected chi connectivity index (χ3v) is 9.88. The highest BCUT2D eigenvalue weighted by Gasteiger charge is 2.53. The first-order valence-electron chi connectivity index (χ1n) is 11.5. The molecule has 0 aromatic carbocycles. The lowest BCUT2D eigenvalue weighted by Crippen LogP contribution is -2.48. The number of fused-ring (bicyclic) bond motifs is 1. The summed E-state index contributed by atoms with van der Waals surface area (Å²) in [7, 11) is 3.17. The van der Waals surface area contributed by atoms with Crippen molar-refractivity contribution in [2.24, 2.45) is 17.8 Å². The van der Waals surface area contributed by atoms with Crippen LogP contribution in [0.2, 0.25) is 0 Å². The van der Waals surface area contributed by atoms with Crippen LogP contribution in [0.1, 0.15) is 64.6 Å². The van der Waals surface area contributed by atoms with Gasteiger partial charge in [0.25, 0.3) is 5.91 Å². The summed E-state index contributed by atoms with van der Waals surface area (Å²) in [6, 6.07) is 0. The van der Waals surface area contributed by atoms with E-state index in [2.05, 4.69) is 25.5 Å². The molecule has 3 heterocycles. The van der Waals surface area contributed by atoms with Crippen molar-refractivity contribution in [1.82, 2.24) is 20.2 Å². The maximum absolute atomic E-state index is 13.2. The molecule has 33 heavy (non-hydrogen) atoms. The van der Waals surface area contributed by atoms with Gasteiger partial charge in [-0.15, -0.1) is 21.5 Å². The molecule has 0 aliphatic heterocycles. The number of hydrogen-bond donors (Lipinski definition) is 1. The number of aromatic nitrogens is 4. The summed E-state index contributed by atoms with van der Waals surface area (Å²) >= 11 is 2.89. The summed E-state index contributed by atoms with van der Waals surface area (Å²) in [5.41, 5.74) is 0.989. The van der Waals surface area contributed by atoms with E-state index >= 15 is 0 Å². The molecule has 0 atom stereocenters. The van der Waals surface area contributed by atoms with Crippen LogP contribution in [0, 0.1) is 24.7 Å². The van der Waals surface area contributed by atoms with Crippen molar-refractivity contribution in [1.29, 1.82) is 0 Å². The van der Waals surface area contributed by atoms with Crippen LogP contribution in [0.25, 0.3) is 10.2 Å². The molecule has 1 N–H and O–H groups in total. The van der Waals surface area contributed by atoms with Crippen LogP contribution in [0.5, 0.6) is 5.88 Å². The van der Waals surface area contributed by atoms with E-state index < -0.39 is 0 Å². The number of ether oxygens (including phenoxy) is 2. The molecular formula is C23H27N5O3S2. The molecule has 7 rings (SSSR count). The van der Waals surface area contributed by atoms with E-state index in [1.54, 1.807) is 25.6 Å². The largest absolute Gasteiger partial charge is 0.480 e. The van der Waals surface area contributed by atoms with Gasteiger partial charge in [0.05, 0.1) is 17.4 Å². The smallest absolute Gasteiger partial charge is 0.267 e. The number of carbonyl (C=O) groups is 1. The highest BCUT2D eigenvalue weighted by atomic mass is 32.1. The minimum atomic E-state index is -0.195. The average Bonchev–Trinajstić information content (AvgIpc) is 3.38. The molecule has 0 saturated heterocycles. The Hall–Kier alpha value is -2.17. The lowest BCUT2D eigenvalue weighted by Gasteiger charge is -2.55. The van der Waals surface area contributed by atoms with E-state index in [0.717, 1.165) is 33.7 Å². The second-order valence-electron chi connectivity index (χ2n) is 9.88. The van der Waals surface area contributed by atoms with E-state index in [1.807, 2.05) is 6.92 Å². The van der Waals surface area contributed by atoms with Crippen LogP contribution in [0.4, 0.5) is 5.13 Å². The summed E-state index contributed by atoms with van der Waals surface area (Å²) in [6.45, 7) is 2.18. The number of hydrogen-bond acceptors (Lipinski definition) is 9. The number of carbonyl (C=O) groups excluding carboxylic acids is 1. The Bertz CT molecular complexity index is 1200. The van der Waals surface area contributed by atoms with Gasteiger partial charge < -0.3 is 9.47 Å². The zero-order valence-electron chi connectivity index (χ0n) is 19.0. The third kappa shape index (κ3) is 3.54. The quantitative estimate of drug-likeness (QED) is 0.539. The highest BCUT2D eigenvalue weighted by molar-refractivity contribution is 7.21. The molecule has 4 aliphatic rings. The molecule has 0 radical (unpaired) electrons. The molecule has 4 fully saturated rings. The second kappa shape index (κ2) is 7.95. The predicted molar refractivity (Wildman–Crippen MR) is 127 cm³/mol. The zero-order valence-corrected chi connectivity index (χ0v) is 20.6. The van der Waals surface area contributed by atoms with Crippen molar-refractivity contribution in [3.8, 4) is 5.88 Å². The topological polar surface area (TPSA) is 99.1 Å². The molecule has 10 heteroatoms. The van der Waals surface area contributed by atoms with Crippen molar-refractivity contribution >= 4 is 43.9 Å². The maximum atomic E-state index is 13.2. The minimum absolute atomic E-state index is 0.184. The maximum Gasteiger partial charge on any atom is 0.267 e. The Morgan fingerprint density at radius 2 is 1.76 bits per heavy atom. The van der Waals surface area contributed by atoms with Crippen LogP contribution in [-0.2, 0) is 16.8 Å². The molecule has 0 spiro atoms. The number of amides is 1.